The standard InChI is InChI=1S/C24H30N4O3/c1-15-21(13-22(29)27-19-7-8-19)16(2)26-24(25-15)18-9-10-28(14-18)23(30)12-17-5-4-6-20(11-17)31-3/h4-6,11,18-19H,7-10,12-14H2,1-3H3,(H,27,29)/t18-/m1/s1. The highest BCUT2D eigenvalue weighted by molar-refractivity contribution is 5.80. The number of likely N-dealkylation sites (tertiary alicyclic amines) is 1. The SMILES string of the molecule is COc1cccc(CC(=O)N2CC[C@@H](c3nc(C)c(CC(=O)NC4CC4)c(C)n3)C2)c1. The van der Waals surface area contributed by atoms with E-state index in [-0.39, 0.29) is 17.7 Å². The number of carbonyl (C=O) groups is 2. The topological polar surface area (TPSA) is 84.4 Å². The zero-order valence-corrected chi connectivity index (χ0v) is 18.5. The second-order valence-electron chi connectivity index (χ2n) is 8.60. The Morgan fingerprint density at radius 2 is 1.87 bits per heavy atom. The Morgan fingerprint density at radius 3 is 2.55 bits per heavy atom. The number of carbonyl (C=O) groups excluding carboxylic acids is 2. The fourth-order valence-electron chi connectivity index (χ4n) is 4.14. The number of ether oxygens (including phenoxy) is 1. The third-order valence-corrected chi connectivity index (χ3v) is 6.11. The van der Waals surface area contributed by atoms with E-state index in [0.717, 1.165) is 53.4 Å². The first-order chi connectivity index (χ1) is 14.9. The van der Waals surface area contributed by atoms with Gasteiger partial charge < -0.3 is 15.0 Å². The molecule has 2 fully saturated rings. The molecular weight excluding hydrogens is 392 g/mol. The lowest BCUT2D eigenvalue weighted by Gasteiger charge is -2.17. The number of amides is 2. The van der Waals surface area contributed by atoms with E-state index in [9.17, 15) is 9.59 Å². The molecule has 1 atom stereocenters. The minimum atomic E-state index is 0.0419. The van der Waals surface area contributed by atoms with Crippen molar-refractivity contribution in [3.05, 3.63) is 52.6 Å². The molecule has 4 rings (SSSR count). The van der Waals surface area contributed by atoms with Gasteiger partial charge in [-0.05, 0) is 50.8 Å². The predicted octanol–water partition coefficient (Wildman–Crippen LogP) is 2.48. The first kappa shape index (κ1) is 21.3. The van der Waals surface area contributed by atoms with Gasteiger partial charge in [0.25, 0.3) is 0 Å². The number of nitrogens with one attached hydrogen (secondary N) is 1. The number of hydrogen-bond donors (Lipinski definition) is 1. The third-order valence-electron chi connectivity index (χ3n) is 6.11. The van der Waals surface area contributed by atoms with Crippen molar-refractivity contribution >= 4 is 11.8 Å². The van der Waals surface area contributed by atoms with Crippen molar-refractivity contribution in [1.82, 2.24) is 20.2 Å². The molecule has 164 valence electrons. The number of hydrogen-bond acceptors (Lipinski definition) is 5. The molecule has 1 saturated carbocycles. The number of methoxy groups -OCH3 is 1. The minimum Gasteiger partial charge on any atom is -0.497 e. The molecule has 0 spiro atoms. The van der Waals surface area contributed by atoms with Crippen LogP contribution in [0.4, 0.5) is 0 Å². The summed E-state index contributed by atoms with van der Waals surface area (Å²) in [4.78, 5) is 36.3. The second-order valence-corrected chi connectivity index (χ2v) is 8.60. The molecular formula is C24H30N4O3. The van der Waals surface area contributed by atoms with E-state index in [1.165, 1.54) is 0 Å². The quantitative estimate of drug-likeness (QED) is 0.741. The van der Waals surface area contributed by atoms with Crippen LogP contribution in [-0.4, -0.2) is 52.9 Å². The van der Waals surface area contributed by atoms with E-state index < -0.39 is 0 Å². The molecule has 0 radical (unpaired) electrons. The van der Waals surface area contributed by atoms with Crippen LogP contribution in [0.25, 0.3) is 0 Å². The first-order valence-electron chi connectivity index (χ1n) is 11.0. The predicted molar refractivity (Wildman–Crippen MR) is 117 cm³/mol. The van der Waals surface area contributed by atoms with Crippen molar-refractivity contribution in [2.75, 3.05) is 20.2 Å². The molecule has 1 aliphatic carbocycles. The van der Waals surface area contributed by atoms with Crippen LogP contribution in [0, 0.1) is 13.8 Å². The Balaban J connectivity index is 1.38. The summed E-state index contributed by atoms with van der Waals surface area (Å²) in [5.41, 5.74) is 3.57. The van der Waals surface area contributed by atoms with Crippen LogP contribution in [-0.2, 0) is 22.4 Å². The molecule has 1 aromatic carbocycles. The fraction of sp³-hybridized carbons (Fsp3) is 0.500. The van der Waals surface area contributed by atoms with Crippen molar-refractivity contribution < 1.29 is 14.3 Å². The van der Waals surface area contributed by atoms with Gasteiger partial charge >= 0.3 is 0 Å². The van der Waals surface area contributed by atoms with Crippen LogP contribution in [0.2, 0.25) is 0 Å². The van der Waals surface area contributed by atoms with Gasteiger partial charge in [-0.1, -0.05) is 12.1 Å². The molecule has 0 unspecified atom stereocenters. The Bertz CT molecular complexity index is 964. The van der Waals surface area contributed by atoms with Crippen LogP contribution in [0.3, 0.4) is 0 Å². The maximum Gasteiger partial charge on any atom is 0.227 e. The summed E-state index contributed by atoms with van der Waals surface area (Å²) in [5.74, 6) is 1.81. The van der Waals surface area contributed by atoms with Crippen molar-refractivity contribution in [2.45, 2.75) is 57.9 Å². The molecule has 1 aromatic heterocycles. The molecule has 0 bridgehead atoms. The lowest BCUT2D eigenvalue weighted by Crippen LogP contribution is -2.30. The normalized spacial score (nSPS) is 18.2. The summed E-state index contributed by atoms with van der Waals surface area (Å²) in [5, 5.41) is 3.03. The second kappa shape index (κ2) is 9.04. The number of rotatable bonds is 7. The van der Waals surface area contributed by atoms with E-state index in [1.54, 1.807) is 7.11 Å². The summed E-state index contributed by atoms with van der Waals surface area (Å²) >= 11 is 0. The van der Waals surface area contributed by atoms with E-state index in [0.29, 0.717) is 32.0 Å². The summed E-state index contributed by atoms with van der Waals surface area (Å²) in [7, 11) is 1.63. The molecule has 1 aliphatic heterocycles. The van der Waals surface area contributed by atoms with Gasteiger partial charge in [-0.15, -0.1) is 0 Å². The minimum absolute atomic E-state index is 0.0419. The van der Waals surface area contributed by atoms with Crippen LogP contribution >= 0.6 is 0 Å². The van der Waals surface area contributed by atoms with Gasteiger partial charge in [-0.3, -0.25) is 9.59 Å². The molecule has 2 heterocycles. The summed E-state index contributed by atoms with van der Waals surface area (Å²) in [6.07, 6.45) is 3.69. The van der Waals surface area contributed by atoms with Gasteiger partial charge in [0.15, 0.2) is 0 Å². The van der Waals surface area contributed by atoms with Crippen LogP contribution in [0.15, 0.2) is 24.3 Å². The highest BCUT2D eigenvalue weighted by Gasteiger charge is 2.30. The Morgan fingerprint density at radius 1 is 1.13 bits per heavy atom. The lowest BCUT2D eigenvalue weighted by molar-refractivity contribution is -0.129. The van der Waals surface area contributed by atoms with Gasteiger partial charge in [-0.25, -0.2) is 9.97 Å². The largest absolute Gasteiger partial charge is 0.497 e. The van der Waals surface area contributed by atoms with Crippen LogP contribution in [0.1, 0.15) is 53.5 Å². The summed E-state index contributed by atoms with van der Waals surface area (Å²) in [6.45, 7) is 5.22. The zero-order valence-electron chi connectivity index (χ0n) is 18.5. The van der Waals surface area contributed by atoms with E-state index in [1.807, 2.05) is 43.0 Å². The fourth-order valence-corrected chi connectivity index (χ4v) is 4.14. The zero-order chi connectivity index (χ0) is 22.0. The number of aromatic nitrogens is 2. The Kier molecular flexibility index (Phi) is 6.20. The van der Waals surface area contributed by atoms with Gasteiger partial charge in [0, 0.05) is 42.0 Å². The monoisotopic (exact) mass is 422 g/mol. The van der Waals surface area contributed by atoms with Gasteiger partial charge in [0.1, 0.15) is 11.6 Å². The van der Waals surface area contributed by atoms with E-state index >= 15 is 0 Å². The van der Waals surface area contributed by atoms with Gasteiger partial charge in [0.05, 0.1) is 20.0 Å². The van der Waals surface area contributed by atoms with Gasteiger partial charge in [0.2, 0.25) is 11.8 Å². The number of benzene rings is 1. The van der Waals surface area contributed by atoms with E-state index in [2.05, 4.69) is 5.32 Å². The lowest BCUT2D eigenvalue weighted by atomic mass is 10.0. The van der Waals surface area contributed by atoms with Crippen molar-refractivity contribution in [3.63, 3.8) is 0 Å². The molecule has 2 aromatic rings. The first-order valence-corrected chi connectivity index (χ1v) is 11.0. The molecule has 7 nitrogen and oxygen atoms in total. The van der Waals surface area contributed by atoms with Crippen molar-refractivity contribution in [2.24, 2.45) is 0 Å². The molecule has 2 amide bonds. The summed E-state index contributed by atoms with van der Waals surface area (Å²) in [6, 6.07) is 7.98. The Labute approximate surface area is 183 Å². The van der Waals surface area contributed by atoms with Crippen molar-refractivity contribution in [1.29, 1.82) is 0 Å². The highest BCUT2D eigenvalue weighted by Crippen LogP contribution is 2.27. The maximum atomic E-state index is 12.8. The smallest absolute Gasteiger partial charge is 0.227 e. The maximum absolute atomic E-state index is 12.8. The van der Waals surface area contributed by atoms with E-state index in [4.69, 9.17) is 14.7 Å². The number of aryl methyl sites for hydroxylation is 2. The van der Waals surface area contributed by atoms with Crippen molar-refractivity contribution in [3.8, 4) is 5.75 Å². The molecule has 7 heteroatoms. The van der Waals surface area contributed by atoms with Gasteiger partial charge in [-0.2, -0.15) is 0 Å². The molecule has 31 heavy (non-hydrogen) atoms. The highest BCUT2D eigenvalue weighted by atomic mass is 16.5. The average molecular weight is 423 g/mol. The van der Waals surface area contributed by atoms with Crippen LogP contribution < -0.4 is 10.1 Å². The average Bonchev–Trinajstić information content (AvgIpc) is 3.41. The summed E-state index contributed by atoms with van der Waals surface area (Å²) < 4.78 is 5.25. The Hall–Kier alpha value is -2.96. The number of nitrogens with zero attached hydrogens (tertiary/aromatic N) is 3. The molecule has 2 aliphatic rings. The molecule has 1 N–H and O–H groups in total. The third kappa shape index (κ3) is 5.21. The van der Waals surface area contributed by atoms with Crippen LogP contribution in [0.5, 0.6) is 5.75 Å². The molecule has 1 saturated heterocycles.